The first-order chi connectivity index (χ1) is 15.8. The Bertz CT molecular complexity index is 760. The van der Waals surface area contributed by atoms with E-state index in [0.29, 0.717) is 83.7 Å². The van der Waals surface area contributed by atoms with Gasteiger partial charge in [-0.15, -0.1) is 0 Å². The maximum atomic E-state index is 5.77. The van der Waals surface area contributed by atoms with E-state index in [-0.39, 0.29) is 0 Å². The van der Waals surface area contributed by atoms with Crippen molar-refractivity contribution in [1.29, 1.82) is 0 Å². The first-order valence-corrected chi connectivity index (χ1v) is 11.4. The van der Waals surface area contributed by atoms with Gasteiger partial charge < -0.3 is 28.7 Å². The molecule has 1 aliphatic rings. The van der Waals surface area contributed by atoms with Gasteiger partial charge in [-0.05, 0) is 13.8 Å². The van der Waals surface area contributed by atoms with Gasteiger partial charge in [-0.2, -0.15) is 15.0 Å². The maximum Gasteiger partial charge on any atom is 0.230 e. The van der Waals surface area contributed by atoms with Gasteiger partial charge in [-0.3, -0.25) is 0 Å². The second kappa shape index (κ2) is 13.9. The lowest BCUT2D eigenvalue weighted by atomic mass is 10.2. The molecule has 9 heteroatoms. The van der Waals surface area contributed by atoms with Crippen LogP contribution >= 0.6 is 0 Å². The van der Waals surface area contributed by atoms with Crippen LogP contribution in [0.4, 0.5) is 11.9 Å². The molecule has 0 bridgehead atoms. The van der Waals surface area contributed by atoms with Crippen LogP contribution in [0.1, 0.15) is 13.8 Å². The molecule has 0 amide bonds. The van der Waals surface area contributed by atoms with Crippen LogP contribution in [0.5, 0.6) is 0 Å². The highest BCUT2D eigenvalue weighted by Crippen LogP contribution is 2.21. The third-order valence-corrected chi connectivity index (χ3v) is 5.10. The van der Waals surface area contributed by atoms with Crippen LogP contribution in [0, 0.1) is 0 Å². The molecule has 0 N–H and O–H groups in total. The predicted molar refractivity (Wildman–Crippen MR) is 124 cm³/mol. The van der Waals surface area contributed by atoms with Crippen LogP contribution < -0.4 is 9.80 Å². The molecule has 2 heterocycles. The van der Waals surface area contributed by atoms with Crippen molar-refractivity contribution >= 4 is 11.9 Å². The van der Waals surface area contributed by atoms with Gasteiger partial charge in [0, 0.05) is 31.7 Å². The summed E-state index contributed by atoms with van der Waals surface area (Å²) in [5.41, 5.74) is 0.963. The van der Waals surface area contributed by atoms with Crippen molar-refractivity contribution in [1.82, 2.24) is 15.0 Å². The molecule has 3 rings (SSSR count). The molecule has 32 heavy (non-hydrogen) atoms. The number of nitrogens with zero attached hydrogens (tertiary/aromatic N) is 5. The summed E-state index contributed by atoms with van der Waals surface area (Å²) in [6.45, 7) is 11.6. The second-order valence-electron chi connectivity index (χ2n) is 7.23. The molecule has 0 saturated carbocycles. The average Bonchev–Trinajstić information content (AvgIpc) is 2.85. The van der Waals surface area contributed by atoms with Gasteiger partial charge in [0.25, 0.3) is 0 Å². The number of rotatable bonds is 5. The number of hydrogen-bond donors (Lipinski definition) is 0. The van der Waals surface area contributed by atoms with E-state index in [1.165, 1.54) is 0 Å². The molecule has 1 aromatic heterocycles. The number of anilines is 2. The number of benzene rings is 1. The summed E-state index contributed by atoms with van der Waals surface area (Å²) in [6, 6.07) is 10.0. The standard InChI is InChI=1S/C23H35N5O4/c1-3-27(4-2)22-24-21(20-8-6-5-7-9-20)25-23(26-22)28-10-12-29-14-16-31-18-19-32-17-15-30-13-11-28/h5-9H,3-4,10-19H2,1-2H3. The molecule has 2 aromatic rings. The van der Waals surface area contributed by atoms with Crippen molar-refractivity contribution in [2.75, 3.05) is 88.8 Å². The average molecular weight is 446 g/mol. The molecule has 0 atom stereocenters. The van der Waals surface area contributed by atoms with Crippen LogP contribution in [0.25, 0.3) is 11.4 Å². The molecule has 1 saturated heterocycles. The zero-order chi connectivity index (χ0) is 22.4. The molecule has 0 unspecified atom stereocenters. The highest BCUT2D eigenvalue weighted by Gasteiger charge is 2.17. The van der Waals surface area contributed by atoms with Gasteiger partial charge in [0.2, 0.25) is 11.9 Å². The summed E-state index contributed by atoms with van der Waals surface area (Å²) in [5.74, 6) is 1.97. The van der Waals surface area contributed by atoms with E-state index in [1.54, 1.807) is 0 Å². The van der Waals surface area contributed by atoms with E-state index >= 15 is 0 Å². The monoisotopic (exact) mass is 445 g/mol. The van der Waals surface area contributed by atoms with Crippen molar-refractivity contribution in [3.05, 3.63) is 30.3 Å². The minimum absolute atomic E-state index is 0.543. The van der Waals surface area contributed by atoms with Crippen molar-refractivity contribution in [3.8, 4) is 11.4 Å². The quantitative estimate of drug-likeness (QED) is 0.688. The van der Waals surface area contributed by atoms with Gasteiger partial charge in [0.05, 0.1) is 52.9 Å². The Balaban J connectivity index is 1.83. The third kappa shape index (κ3) is 7.67. The molecule has 0 radical (unpaired) electrons. The molecular weight excluding hydrogens is 410 g/mol. The van der Waals surface area contributed by atoms with Crippen LogP contribution in [-0.4, -0.2) is 94.0 Å². The summed E-state index contributed by atoms with van der Waals surface area (Å²) in [5, 5.41) is 0. The summed E-state index contributed by atoms with van der Waals surface area (Å²) < 4.78 is 22.6. The molecule has 0 spiro atoms. The molecule has 176 valence electrons. The van der Waals surface area contributed by atoms with Gasteiger partial charge in [-0.1, -0.05) is 30.3 Å². The van der Waals surface area contributed by atoms with E-state index in [1.807, 2.05) is 30.3 Å². The zero-order valence-corrected chi connectivity index (χ0v) is 19.2. The van der Waals surface area contributed by atoms with E-state index in [2.05, 4.69) is 23.6 Å². The highest BCUT2D eigenvalue weighted by molar-refractivity contribution is 5.58. The van der Waals surface area contributed by atoms with Crippen molar-refractivity contribution < 1.29 is 18.9 Å². The molecule has 1 aliphatic heterocycles. The summed E-state index contributed by atoms with van der Waals surface area (Å²) in [7, 11) is 0. The van der Waals surface area contributed by atoms with Crippen molar-refractivity contribution in [2.24, 2.45) is 0 Å². The maximum absolute atomic E-state index is 5.77. The molecule has 1 aromatic carbocycles. The Morgan fingerprint density at radius 3 is 1.78 bits per heavy atom. The topological polar surface area (TPSA) is 82.1 Å². The lowest BCUT2D eigenvalue weighted by Crippen LogP contribution is -2.34. The van der Waals surface area contributed by atoms with Crippen molar-refractivity contribution in [3.63, 3.8) is 0 Å². The Kier molecular flexibility index (Phi) is 10.6. The van der Waals surface area contributed by atoms with Crippen LogP contribution in [-0.2, 0) is 18.9 Å². The predicted octanol–water partition coefficient (Wildman–Crippen LogP) is 2.27. The van der Waals surface area contributed by atoms with Crippen LogP contribution in [0.3, 0.4) is 0 Å². The van der Waals surface area contributed by atoms with Gasteiger partial charge in [-0.25, -0.2) is 0 Å². The summed E-state index contributed by atoms with van der Waals surface area (Å²) in [6.07, 6.45) is 0. The minimum Gasteiger partial charge on any atom is -0.377 e. The first-order valence-electron chi connectivity index (χ1n) is 11.4. The summed E-state index contributed by atoms with van der Waals surface area (Å²) in [4.78, 5) is 18.6. The highest BCUT2D eigenvalue weighted by atomic mass is 16.6. The van der Waals surface area contributed by atoms with E-state index in [9.17, 15) is 0 Å². The number of aromatic nitrogens is 3. The van der Waals surface area contributed by atoms with Gasteiger partial charge in [0.15, 0.2) is 5.82 Å². The second-order valence-corrected chi connectivity index (χ2v) is 7.23. The van der Waals surface area contributed by atoms with E-state index in [0.717, 1.165) is 18.7 Å². The lowest BCUT2D eigenvalue weighted by Gasteiger charge is -2.25. The normalized spacial score (nSPS) is 17.4. The Hall–Kier alpha value is -2.33. The molecule has 1 fully saturated rings. The van der Waals surface area contributed by atoms with Gasteiger partial charge >= 0.3 is 0 Å². The molecule has 0 aliphatic carbocycles. The Labute approximate surface area is 190 Å². The minimum atomic E-state index is 0.543. The molecular formula is C23H35N5O4. The van der Waals surface area contributed by atoms with E-state index < -0.39 is 0 Å². The zero-order valence-electron chi connectivity index (χ0n) is 19.2. The smallest absolute Gasteiger partial charge is 0.230 e. The SMILES string of the molecule is CCN(CC)c1nc(-c2ccccc2)nc(N2CCOCCOCCOCCOCC2)n1. The molecule has 9 nitrogen and oxygen atoms in total. The van der Waals surface area contributed by atoms with E-state index in [4.69, 9.17) is 33.9 Å². The van der Waals surface area contributed by atoms with Crippen molar-refractivity contribution in [2.45, 2.75) is 13.8 Å². The first kappa shape index (κ1) is 24.3. The van der Waals surface area contributed by atoms with Gasteiger partial charge in [0.1, 0.15) is 0 Å². The number of ether oxygens (including phenoxy) is 4. The Morgan fingerprint density at radius 1 is 0.719 bits per heavy atom. The van der Waals surface area contributed by atoms with Crippen LogP contribution in [0.15, 0.2) is 30.3 Å². The fourth-order valence-corrected chi connectivity index (χ4v) is 3.28. The third-order valence-electron chi connectivity index (χ3n) is 5.10. The summed E-state index contributed by atoms with van der Waals surface area (Å²) >= 11 is 0. The van der Waals surface area contributed by atoms with Crippen LogP contribution in [0.2, 0.25) is 0 Å². The Morgan fingerprint density at radius 2 is 1.25 bits per heavy atom. The largest absolute Gasteiger partial charge is 0.377 e. The fourth-order valence-electron chi connectivity index (χ4n) is 3.28. The fraction of sp³-hybridized carbons (Fsp3) is 0.609. The number of hydrogen-bond acceptors (Lipinski definition) is 9. The lowest BCUT2D eigenvalue weighted by molar-refractivity contribution is 0.00206.